The largest absolute Gasteiger partial charge is 0.439 e. The zero-order valence-corrected chi connectivity index (χ0v) is 22.3. The first-order valence-corrected chi connectivity index (χ1v) is 13.0. The quantitative estimate of drug-likeness (QED) is 0.304. The number of benzene rings is 2. The summed E-state index contributed by atoms with van der Waals surface area (Å²) in [6.07, 6.45) is 3.68. The first-order valence-electron chi connectivity index (χ1n) is 12.2. The summed E-state index contributed by atoms with van der Waals surface area (Å²) in [6, 6.07) is 14.0. The molecule has 4 aromatic rings. The number of piperazine rings is 1. The number of anilines is 2. The lowest BCUT2D eigenvalue weighted by Crippen LogP contribution is -2.43. The van der Waals surface area contributed by atoms with Gasteiger partial charge in [-0.2, -0.15) is 15.1 Å². The van der Waals surface area contributed by atoms with Gasteiger partial charge < -0.3 is 19.7 Å². The second-order valence-electron chi connectivity index (χ2n) is 9.08. The van der Waals surface area contributed by atoms with E-state index in [1.807, 2.05) is 39.2 Å². The van der Waals surface area contributed by atoms with E-state index >= 15 is 0 Å². The van der Waals surface area contributed by atoms with Crippen molar-refractivity contribution < 1.29 is 9.47 Å². The number of ether oxygens (including phenoxy) is 2. The fourth-order valence-corrected chi connectivity index (χ4v) is 4.92. The predicted octanol–water partition coefficient (Wildman–Crippen LogP) is 5.25. The van der Waals surface area contributed by atoms with Crippen LogP contribution >= 0.6 is 11.9 Å². The van der Waals surface area contributed by atoms with E-state index in [4.69, 9.17) is 9.47 Å². The molecule has 10 heteroatoms. The third-order valence-corrected chi connectivity index (χ3v) is 6.70. The maximum Gasteiger partial charge on any atom is 0.239 e. The molecule has 9 nitrogen and oxygen atoms in total. The Morgan fingerprint density at radius 1 is 0.919 bits per heavy atom. The van der Waals surface area contributed by atoms with E-state index < -0.39 is 0 Å². The van der Waals surface area contributed by atoms with Crippen molar-refractivity contribution in [2.75, 3.05) is 35.8 Å². The molecule has 2 aromatic carbocycles. The van der Waals surface area contributed by atoms with E-state index in [1.54, 1.807) is 16.9 Å². The fourth-order valence-electron chi connectivity index (χ4n) is 4.31. The predicted molar refractivity (Wildman–Crippen MR) is 147 cm³/mol. The van der Waals surface area contributed by atoms with Crippen LogP contribution in [0.5, 0.6) is 23.3 Å². The molecule has 5 rings (SSSR count). The Morgan fingerprint density at radius 3 is 2.24 bits per heavy atom. The van der Waals surface area contributed by atoms with Gasteiger partial charge >= 0.3 is 0 Å². The fraction of sp³-hybridized carbons (Fsp3) is 0.296. The van der Waals surface area contributed by atoms with Crippen molar-refractivity contribution >= 4 is 23.6 Å². The Morgan fingerprint density at radius 2 is 1.59 bits per heavy atom. The molecule has 2 N–H and O–H groups in total. The third kappa shape index (κ3) is 6.33. The summed E-state index contributed by atoms with van der Waals surface area (Å²) < 4.78 is 17.3. The molecule has 0 aliphatic carbocycles. The minimum Gasteiger partial charge on any atom is -0.439 e. The van der Waals surface area contributed by atoms with Crippen molar-refractivity contribution in [3.05, 3.63) is 71.5 Å². The SMILES string of the molecule is Cc1cc(C)c(Oc2cc(Oc3ccc(N4CCNCC4)cc3)nc(NSc3cnn(C)c3)n2)c(C)c1. The van der Waals surface area contributed by atoms with Gasteiger partial charge in [0.2, 0.25) is 17.7 Å². The van der Waals surface area contributed by atoms with Gasteiger partial charge in [-0.05, 0) is 68.1 Å². The molecule has 0 radical (unpaired) electrons. The third-order valence-electron chi connectivity index (χ3n) is 5.97. The number of nitrogens with one attached hydrogen (secondary N) is 2. The van der Waals surface area contributed by atoms with Crippen LogP contribution < -0.4 is 24.4 Å². The van der Waals surface area contributed by atoms with E-state index in [2.05, 4.69) is 61.2 Å². The Labute approximate surface area is 221 Å². The lowest BCUT2D eigenvalue weighted by molar-refractivity contribution is 0.432. The highest BCUT2D eigenvalue weighted by Crippen LogP contribution is 2.33. The molecular weight excluding hydrogens is 486 g/mol. The molecule has 0 atom stereocenters. The van der Waals surface area contributed by atoms with Crippen molar-refractivity contribution in [3.8, 4) is 23.3 Å². The molecule has 0 bridgehead atoms. The normalized spacial score (nSPS) is 13.5. The minimum atomic E-state index is 0.376. The van der Waals surface area contributed by atoms with E-state index in [-0.39, 0.29) is 0 Å². The van der Waals surface area contributed by atoms with Crippen LogP contribution in [0.3, 0.4) is 0 Å². The van der Waals surface area contributed by atoms with Gasteiger partial charge in [-0.25, -0.2) is 0 Å². The summed E-state index contributed by atoms with van der Waals surface area (Å²) in [5.41, 5.74) is 4.46. The number of hydrogen-bond acceptors (Lipinski definition) is 9. The standard InChI is InChI=1S/C27H31N7O2S/c1-18-13-19(2)26(20(3)14-18)36-25-15-24(30-27(31-25)32-37-23-16-29-33(4)17-23)35-22-7-5-21(6-8-22)34-11-9-28-10-12-34/h5-8,13-17,28H,9-12H2,1-4H3,(H,30,31,32). The summed E-state index contributed by atoms with van der Waals surface area (Å²) >= 11 is 1.37. The molecule has 0 unspecified atom stereocenters. The van der Waals surface area contributed by atoms with Crippen LogP contribution in [-0.2, 0) is 7.05 Å². The Bertz CT molecular complexity index is 1340. The highest BCUT2D eigenvalue weighted by molar-refractivity contribution is 8.00. The molecular formula is C27H31N7O2S. The Hall–Kier alpha value is -3.76. The maximum absolute atomic E-state index is 6.26. The second-order valence-corrected chi connectivity index (χ2v) is 9.96. The van der Waals surface area contributed by atoms with E-state index in [1.165, 1.54) is 23.2 Å². The number of aromatic nitrogens is 4. The number of hydrogen-bond donors (Lipinski definition) is 2. The minimum absolute atomic E-state index is 0.376. The van der Waals surface area contributed by atoms with Gasteiger partial charge in [0.15, 0.2) is 0 Å². The van der Waals surface area contributed by atoms with Gasteiger partial charge in [-0.15, -0.1) is 0 Å². The van der Waals surface area contributed by atoms with Crippen LogP contribution in [0.25, 0.3) is 0 Å². The molecule has 1 saturated heterocycles. The summed E-state index contributed by atoms with van der Waals surface area (Å²) in [5, 5.41) is 7.58. The van der Waals surface area contributed by atoms with E-state index in [9.17, 15) is 0 Å². The molecule has 1 aliphatic heterocycles. The average Bonchev–Trinajstić information content (AvgIpc) is 3.31. The smallest absolute Gasteiger partial charge is 0.239 e. The highest BCUT2D eigenvalue weighted by Gasteiger charge is 2.14. The Kier molecular flexibility index (Phi) is 7.47. The molecule has 192 valence electrons. The molecule has 37 heavy (non-hydrogen) atoms. The zero-order valence-electron chi connectivity index (χ0n) is 21.5. The van der Waals surface area contributed by atoms with E-state index in [0.717, 1.165) is 48.0 Å². The van der Waals surface area contributed by atoms with Crippen LogP contribution in [-0.4, -0.2) is 45.9 Å². The lowest BCUT2D eigenvalue weighted by Gasteiger charge is -2.29. The van der Waals surface area contributed by atoms with Gasteiger partial charge in [-0.1, -0.05) is 17.7 Å². The number of rotatable bonds is 8. The summed E-state index contributed by atoms with van der Waals surface area (Å²) in [7, 11) is 1.88. The summed E-state index contributed by atoms with van der Waals surface area (Å²) in [4.78, 5) is 12.5. The maximum atomic E-state index is 6.26. The van der Waals surface area contributed by atoms with Crippen molar-refractivity contribution in [3.63, 3.8) is 0 Å². The topological polar surface area (TPSA) is 89.4 Å². The average molecular weight is 518 g/mol. The molecule has 0 spiro atoms. The molecule has 0 amide bonds. The lowest BCUT2D eigenvalue weighted by atomic mass is 10.1. The molecule has 3 heterocycles. The number of aryl methyl sites for hydroxylation is 4. The zero-order chi connectivity index (χ0) is 25.8. The van der Waals surface area contributed by atoms with Crippen LogP contribution in [0.15, 0.2) is 59.8 Å². The van der Waals surface area contributed by atoms with E-state index in [0.29, 0.717) is 23.5 Å². The highest BCUT2D eigenvalue weighted by atomic mass is 32.2. The molecule has 0 saturated carbocycles. The summed E-state index contributed by atoms with van der Waals surface area (Å²) in [5.74, 6) is 2.63. The monoisotopic (exact) mass is 517 g/mol. The number of nitrogens with zero attached hydrogens (tertiary/aromatic N) is 5. The van der Waals surface area contributed by atoms with Crippen molar-refractivity contribution in [2.24, 2.45) is 7.05 Å². The molecule has 1 aliphatic rings. The van der Waals surface area contributed by atoms with Crippen molar-refractivity contribution in [1.82, 2.24) is 25.1 Å². The first kappa shape index (κ1) is 24.9. The van der Waals surface area contributed by atoms with Gasteiger partial charge in [0.05, 0.1) is 17.2 Å². The second kappa shape index (κ2) is 11.1. The summed E-state index contributed by atoms with van der Waals surface area (Å²) in [6.45, 7) is 10.1. The van der Waals surface area contributed by atoms with Crippen LogP contribution in [0.2, 0.25) is 0 Å². The van der Waals surface area contributed by atoms with Gasteiger partial charge in [-0.3, -0.25) is 9.40 Å². The first-order chi connectivity index (χ1) is 17.9. The van der Waals surface area contributed by atoms with Gasteiger partial charge in [0.25, 0.3) is 0 Å². The Balaban J connectivity index is 1.39. The molecule has 2 aromatic heterocycles. The van der Waals surface area contributed by atoms with Crippen molar-refractivity contribution in [1.29, 1.82) is 0 Å². The van der Waals surface area contributed by atoms with Crippen molar-refractivity contribution in [2.45, 2.75) is 25.7 Å². The molecule has 1 fully saturated rings. The van der Waals surface area contributed by atoms with Crippen LogP contribution in [0.4, 0.5) is 11.6 Å². The van der Waals surface area contributed by atoms with Gasteiger partial charge in [0, 0.05) is 45.1 Å². The van der Waals surface area contributed by atoms with Crippen LogP contribution in [0, 0.1) is 20.8 Å². The van der Waals surface area contributed by atoms with Crippen LogP contribution in [0.1, 0.15) is 16.7 Å². The van der Waals surface area contributed by atoms with Gasteiger partial charge in [0.1, 0.15) is 11.5 Å².